The number of non-ortho nitro benzene ring substituents is 1. The van der Waals surface area contributed by atoms with Crippen LogP contribution in [0.5, 0.6) is 5.75 Å². The summed E-state index contributed by atoms with van der Waals surface area (Å²) in [5, 5.41) is 33.0. The fraction of sp³-hybridized carbons (Fsp3) is 0. The van der Waals surface area contributed by atoms with Gasteiger partial charge < -0.3 is 10.4 Å². The van der Waals surface area contributed by atoms with Gasteiger partial charge in [-0.3, -0.25) is 25.0 Å². The van der Waals surface area contributed by atoms with Crippen molar-refractivity contribution >= 4 is 34.6 Å². The van der Waals surface area contributed by atoms with Crippen LogP contribution in [0.25, 0.3) is 0 Å². The third kappa shape index (κ3) is 3.52. The van der Waals surface area contributed by atoms with Crippen molar-refractivity contribution in [1.29, 1.82) is 0 Å². The number of hydrogen-bond donors (Lipinski definition) is 2. The SMILES string of the molecule is O=C(Nc1cc(Cl)c([N+](=O)[O-])cc1O)c1ccc([N+](=O)[O-])cc1. The lowest BCUT2D eigenvalue weighted by molar-refractivity contribution is -0.385. The van der Waals surface area contributed by atoms with Crippen LogP contribution in [-0.4, -0.2) is 20.9 Å². The van der Waals surface area contributed by atoms with E-state index in [2.05, 4.69) is 5.32 Å². The Morgan fingerprint density at radius 1 is 1.09 bits per heavy atom. The highest BCUT2D eigenvalue weighted by Crippen LogP contribution is 2.35. The molecular weight excluding hydrogens is 330 g/mol. The molecule has 10 heteroatoms. The van der Waals surface area contributed by atoms with Gasteiger partial charge in [-0.25, -0.2) is 0 Å². The van der Waals surface area contributed by atoms with Crippen LogP contribution in [0.3, 0.4) is 0 Å². The van der Waals surface area contributed by atoms with Crippen LogP contribution < -0.4 is 5.32 Å². The minimum Gasteiger partial charge on any atom is -0.506 e. The molecule has 23 heavy (non-hydrogen) atoms. The monoisotopic (exact) mass is 337 g/mol. The molecule has 2 aromatic carbocycles. The van der Waals surface area contributed by atoms with Gasteiger partial charge in [-0.15, -0.1) is 0 Å². The maximum atomic E-state index is 12.0. The van der Waals surface area contributed by atoms with Gasteiger partial charge in [-0.1, -0.05) is 11.6 Å². The van der Waals surface area contributed by atoms with E-state index in [-0.39, 0.29) is 22.0 Å². The number of nitrogens with one attached hydrogen (secondary N) is 1. The maximum absolute atomic E-state index is 12.0. The van der Waals surface area contributed by atoms with E-state index in [4.69, 9.17) is 11.6 Å². The third-order valence-electron chi connectivity index (χ3n) is 2.85. The van der Waals surface area contributed by atoms with Gasteiger partial charge in [-0.2, -0.15) is 0 Å². The molecule has 0 unspecified atom stereocenters. The normalized spacial score (nSPS) is 10.1. The van der Waals surface area contributed by atoms with Gasteiger partial charge >= 0.3 is 0 Å². The van der Waals surface area contributed by atoms with Crippen LogP contribution in [0.1, 0.15) is 10.4 Å². The van der Waals surface area contributed by atoms with Gasteiger partial charge in [0, 0.05) is 17.7 Å². The number of anilines is 1. The zero-order valence-electron chi connectivity index (χ0n) is 11.2. The van der Waals surface area contributed by atoms with Crippen LogP contribution in [0.4, 0.5) is 17.1 Å². The van der Waals surface area contributed by atoms with Gasteiger partial charge in [0.05, 0.1) is 21.6 Å². The lowest BCUT2D eigenvalue weighted by Crippen LogP contribution is -2.12. The van der Waals surface area contributed by atoms with E-state index in [0.717, 1.165) is 24.3 Å². The standard InChI is InChI=1S/C13H8ClN3O6/c14-9-5-10(12(18)6-11(9)17(22)23)15-13(19)7-1-3-8(4-2-7)16(20)21/h1-6,18H,(H,15,19). The number of nitro groups is 2. The second kappa shape index (κ2) is 6.28. The van der Waals surface area contributed by atoms with E-state index in [1.807, 2.05) is 0 Å². The summed E-state index contributed by atoms with van der Waals surface area (Å²) >= 11 is 5.70. The molecule has 0 aliphatic carbocycles. The molecule has 2 rings (SSSR count). The Morgan fingerprint density at radius 2 is 1.70 bits per heavy atom. The van der Waals surface area contributed by atoms with E-state index in [9.17, 15) is 30.1 Å². The van der Waals surface area contributed by atoms with Crippen molar-refractivity contribution in [3.63, 3.8) is 0 Å². The number of benzene rings is 2. The Labute approximate surface area is 133 Å². The molecule has 0 saturated heterocycles. The van der Waals surface area contributed by atoms with Crippen LogP contribution in [0, 0.1) is 20.2 Å². The third-order valence-corrected chi connectivity index (χ3v) is 3.15. The largest absolute Gasteiger partial charge is 0.506 e. The minimum atomic E-state index is -0.774. The first-order chi connectivity index (χ1) is 10.8. The molecule has 0 aliphatic heterocycles. The molecule has 1 amide bonds. The van der Waals surface area contributed by atoms with Crippen molar-refractivity contribution < 1.29 is 19.7 Å². The Balaban J connectivity index is 2.25. The average molecular weight is 338 g/mol. The number of amides is 1. The van der Waals surface area contributed by atoms with Gasteiger partial charge in [0.25, 0.3) is 17.3 Å². The van der Waals surface area contributed by atoms with E-state index in [0.29, 0.717) is 0 Å². The van der Waals surface area contributed by atoms with Gasteiger partial charge in [0.15, 0.2) is 0 Å². The Kier molecular flexibility index (Phi) is 4.42. The number of aromatic hydroxyl groups is 1. The highest BCUT2D eigenvalue weighted by atomic mass is 35.5. The Bertz CT molecular complexity index is 806. The van der Waals surface area contributed by atoms with Gasteiger partial charge in [0.2, 0.25) is 0 Å². The summed E-state index contributed by atoms with van der Waals surface area (Å²) < 4.78 is 0. The van der Waals surface area contributed by atoms with Crippen LogP contribution in [0.15, 0.2) is 36.4 Å². The summed E-state index contributed by atoms with van der Waals surface area (Å²) in [5.74, 6) is -1.20. The minimum absolute atomic E-state index is 0.101. The number of halogens is 1. The fourth-order valence-electron chi connectivity index (χ4n) is 1.72. The molecule has 0 bridgehead atoms. The molecule has 0 fully saturated rings. The first kappa shape index (κ1) is 16.2. The predicted octanol–water partition coefficient (Wildman–Crippen LogP) is 3.11. The molecule has 118 valence electrons. The molecule has 0 aromatic heterocycles. The van der Waals surface area contributed by atoms with Crippen molar-refractivity contribution in [3.8, 4) is 5.75 Å². The first-order valence-electron chi connectivity index (χ1n) is 6.02. The first-order valence-corrected chi connectivity index (χ1v) is 6.40. The lowest BCUT2D eigenvalue weighted by Gasteiger charge is -2.08. The number of phenols is 1. The molecule has 2 N–H and O–H groups in total. The molecule has 0 aliphatic rings. The second-order valence-electron chi connectivity index (χ2n) is 4.34. The summed E-state index contributed by atoms with van der Waals surface area (Å²) in [6, 6.07) is 6.62. The van der Waals surface area contributed by atoms with Crippen molar-refractivity contribution in [1.82, 2.24) is 0 Å². The predicted molar refractivity (Wildman–Crippen MR) is 80.8 cm³/mol. The molecule has 0 atom stereocenters. The van der Waals surface area contributed by atoms with E-state index in [1.165, 1.54) is 12.1 Å². The lowest BCUT2D eigenvalue weighted by atomic mass is 10.2. The molecule has 9 nitrogen and oxygen atoms in total. The van der Waals surface area contributed by atoms with Crippen LogP contribution in [0.2, 0.25) is 5.02 Å². The smallest absolute Gasteiger partial charge is 0.291 e. The average Bonchev–Trinajstić information content (AvgIpc) is 2.50. The molecular formula is C13H8ClN3O6. The molecule has 0 radical (unpaired) electrons. The summed E-state index contributed by atoms with van der Waals surface area (Å²) in [7, 11) is 0. The maximum Gasteiger partial charge on any atom is 0.291 e. The zero-order chi connectivity index (χ0) is 17.1. The second-order valence-corrected chi connectivity index (χ2v) is 4.74. The highest BCUT2D eigenvalue weighted by Gasteiger charge is 2.18. The molecule has 2 aromatic rings. The van der Waals surface area contributed by atoms with Gasteiger partial charge in [-0.05, 0) is 18.2 Å². The van der Waals surface area contributed by atoms with Crippen LogP contribution >= 0.6 is 11.6 Å². The summed E-state index contributed by atoms with van der Waals surface area (Å²) in [4.78, 5) is 31.9. The Morgan fingerprint density at radius 3 is 2.22 bits per heavy atom. The number of carbonyl (C=O) groups is 1. The van der Waals surface area contributed by atoms with E-state index in [1.54, 1.807) is 0 Å². The van der Waals surface area contributed by atoms with Crippen molar-refractivity contribution in [2.75, 3.05) is 5.32 Å². The quantitative estimate of drug-likeness (QED) is 0.499. The number of rotatable bonds is 4. The van der Waals surface area contributed by atoms with E-state index >= 15 is 0 Å². The highest BCUT2D eigenvalue weighted by molar-refractivity contribution is 6.33. The molecule has 0 heterocycles. The number of phenolic OH excluding ortho intramolecular Hbond substituents is 1. The topological polar surface area (TPSA) is 136 Å². The number of hydrogen-bond acceptors (Lipinski definition) is 6. The number of carbonyl (C=O) groups excluding carboxylic acids is 1. The summed E-state index contributed by atoms with van der Waals surface area (Å²) in [6.45, 7) is 0. The molecule has 0 saturated carbocycles. The number of nitro benzene ring substituents is 2. The van der Waals surface area contributed by atoms with Crippen LogP contribution in [-0.2, 0) is 0 Å². The van der Waals surface area contributed by atoms with Crippen molar-refractivity contribution in [3.05, 3.63) is 67.2 Å². The zero-order valence-corrected chi connectivity index (χ0v) is 12.0. The van der Waals surface area contributed by atoms with Crippen molar-refractivity contribution in [2.24, 2.45) is 0 Å². The van der Waals surface area contributed by atoms with Gasteiger partial charge in [0.1, 0.15) is 10.8 Å². The fourth-order valence-corrected chi connectivity index (χ4v) is 1.95. The number of nitrogens with zero attached hydrogens (tertiary/aromatic N) is 2. The summed E-state index contributed by atoms with van der Waals surface area (Å²) in [5.41, 5.74) is -0.700. The van der Waals surface area contributed by atoms with E-state index < -0.39 is 27.2 Å². The Hall–Kier alpha value is -3.20. The molecule has 0 spiro atoms. The summed E-state index contributed by atoms with van der Waals surface area (Å²) in [6.07, 6.45) is 0. The van der Waals surface area contributed by atoms with Crippen molar-refractivity contribution in [2.45, 2.75) is 0 Å².